The molecule has 2 bridgehead atoms. The van der Waals surface area contributed by atoms with Crippen molar-refractivity contribution in [2.75, 3.05) is 31.9 Å². The molecule has 3 atom stereocenters. The minimum absolute atomic E-state index is 0.307. The van der Waals surface area contributed by atoms with Gasteiger partial charge in [0.2, 0.25) is 10.0 Å². The van der Waals surface area contributed by atoms with Crippen molar-refractivity contribution in [3.63, 3.8) is 0 Å². The van der Waals surface area contributed by atoms with Crippen molar-refractivity contribution in [3.05, 3.63) is 0 Å². The van der Waals surface area contributed by atoms with Crippen molar-refractivity contribution in [2.45, 2.75) is 45.1 Å². The van der Waals surface area contributed by atoms with Crippen LogP contribution >= 0.6 is 0 Å². The lowest BCUT2D eigenvalue weighted by Crippen LogP contribution is -2.53. The van der Waals surface area contributed by atoms with Gasteiger partial charge in [0.05, 0.1) is 5.75 Å². The highest BCUT2D eigenvalue weighted by atomic mass is 32.2. The maximum Gasteiger partial charge on any atom is 0.214 e. The molecule has 3 rings (SSSR count). The molecule has 4 nitrogen and oxygen atoms in total. The van der Waals surface area contributed by atoms with Crippen molar-refractivity contribution >= 4 is 10.0 Å². The fourth-order valence-corrected chi connectivity index (χ4v) is 5.85. The standard InChI is InChI=1S/C14H26N2O2S/c1-2-9-19(17,18)16-7-5-15(6-8-16)14-11-12-3-4-13(14)10-12/h12-14H,2-11H2,1H3/t12-,13-,14+/m1/s1. The van der Waals surface area contributed by atoms with Crippen molar-refractivity contribution in [1.82, 2.24) is 9.21 Å². The smallest absolute Gasteiger partial charge is 0.214 e. The molecule has 1 heterocycles. The first kappa shape index (κ1) is 13.8. The molecule has 1 saturated heterocycles. The molecule has 0 aromatic carbocycles. The Balaban J connectivity index is 1.55. The van der Waals surface area contributed by atoms with Crippen LogP contribution in [0.3, 0.4) is 0 Å². The van der Waals surface area contributed by atoms with Crippen LogP contribution in [0.5, 0.6) is 0 Å². The van der Waals surface area contributed by atoms with Gasteiger partial charge in [0.25, 0.3) is 0 Å². The average Bonchev–Trinajstić information content (AvgIpc) is 3.01. The molecular formula is C14H26N2O2S. The molecule has 0 aromatic rings. The predicted octanol–water partition coefficient (Wildman–Crippen LogP) is 1.53. The third-order valence-electron chi connectivity index (χ3n) is 5.30. The predicted molar refractivity (Wildman–Crippen MR) is 76.5 cm³/mol. The SMILES string of the molecule is CCCS(=O)(=O)N1CCN([C@H]2C[C@@H]3CC[C@@H]2C3)CC1. The second-order valence-corrected chi connectivity index (χ2v) is 8.58. The van der Waals surface area contributed by atoms with Crippen LogP contribution in [0.2, 0.25) is 0 Å². The number of rotatable bonds is 4. The van der Waals surface area contributed by atoms with Gasteiger partial charge in [-0.15, -0.1) is 0 Å². The Morgan fingerprint density at radius 3 is 2.32 bits per heavy atom. The van der Waals surface area contributed by atoms with Gasteiger partial charge in [0, 0.05) is 32.2 Å². The van der Waals surface area contributed by atoms with Crippen LogP contribution in [0.4, 0.5) is 0 Å². The molecule has 2 aliphatic carbocycles. The van der Waals surface area contributed by atoms with Crippen LogP contribution < -0.4 is 0 Å². The Morgan fingerprint density at radius 1 is 1.05 bits per heavy atom. The van der Waals surface area contributed by atoms with Crippen LogP contribution in [0.15, 0.2) is 0 Å². The van der Waals surface area contributed by atoms with Gasteiger partial charge in [-0.1, -0.05) is 13.3 Å². The van der Waals surface area contributed by atoms with E-state index in [0.717, 1.165) is 37.4 Å². The largest absolute Gasteiger partial charge is 0.297 e. The van der Waals surface area contributed by atoms with E-state index in [2.05, 4.69) is 4.90 Å². The van der Waals surface area contributed by atoms with Gasteiger partial charge in [-0.05, 0) is 37.5 Å². The molecule has 5 heteroatoms. The molecule has 0 radical (unpaired) electrons. The maximum atomic E-state index is 12.0. The first-order valence-corrected chi connectivity index (χ1v) is 9.43. The molecule has 3 aliphatic rings. The summed E-state index contributed by atoms with van der Waals surface area (Å²) in [6.45, 7) is 5.23. The molecule has 19 heavy (non-hydrogen) atoms. The summed E-state index contributed by atoms with van der Waals surface area (Å²) in [4.78, 5) is 2.57. The number of hydrogen-bond acceptors (Lipinski definition) is 3. The fraction of sp³-hybridized carbons (Fsp3) is 1.00. The third-order valence-corrected chi connectivity index (χ3v) is 7.37. The lowest BCUT2D eigenvalue weighted by atomic mass is 9.93. The summed E-state index contributed by atoms with van der Waals surface area (Å²) in [5.74, 6) is 2.18. The van der Waals surface area contributed by atoms with E-state index in [4.69, 9.17) is 0 Å². The Bertz CT molecular complexity index is 415. The zero-order valence-electron chi connectivity index (χ0n) is 11.9. The summed E-state index contributed by atoms with van der Waals surface area (Å²) in [7, 11) is -2.98. The number of fused-ring (bicyclic) bond motifs is 2. The van der Waals surface area contributed by atoms with Gasteiger partial charge >= 0.3 is 0 Å². The van der Waals surface area contributed by atoms with Gasteiger partial charge in [-0.2, -0.15) is 4.31 Å². The van der Waals surface area contributed by atoms with Crippen LogP contribution in [-0.4, -0.2) is 55.6 Å². The maximum absolute atomic E-state index is 12.0. The van der Waals surface area contributed by atoms with E-state index >= 15 is 0 Å². The van der Waals surface area contributed by atoms with E-state index in [0.29, 0.717) is 18.8 Å². The Kier molecular flexibility index (Phi) is 3.89. The van der Waals surface area contributed by atoms with Crippen LogP contribution in [0, 0.1) is 11.8 Å². The third kappa shape index (κ3) is 2.69. The van der Waals surface area contributed by atoms with Gasteiger partial charge < -0.3 is 0 Å². The van der Waals surface area contributed by atoms with E-state index in [9.17, 15) is 8.42 Å². The lowest BCUT2D eigenvalue weighted by Gasteiger charge is -2.40. The van der Waals surface area contributed by atoms with E-state index < -0.39 is 10.0 Å². The Hall–Kier alpha value is -0.130. The van der Waals surface area contributed by atoms with Crippen molar-refractivity contribution in [2.24, 2.45) is 11.8 Å². The molecule has 1 aliphatic heterocycles. The van der Waals surface area contributed by atoms with Gasteiger partial charge in [-0.25, -0.2) is 8.42 Å². The minimum Gasteiger partial charge on any atom is -0.297 e. The molecule has 0 N–H and O–H groups in total. The Morgan fingerprint density at radius 2 is 1.79 bits per heavy atom. The first-order valence-electron chi connectivity index (χ1n) is 7.82. The second kappa shape index (κ2) is 5.34. The molecule has 110 valence electrons. The molecular weight excluding hydrogens is 260 g/mol. The van der Waals surface area contributed by atoms with E-state index in [-0.39, 0.29) is 0 Å². The van der Waals surface area contributed by atoms with Crippen molar-refractivity contribution in [1.29, 1.82) is 0 Å². The molecule has 0 spiro atoms. The summed E-state index contributed by atoms with van der Waals surface area (Å²) in [6.07, 6.45) is 6.36. The summed E-state index contributed by atoms with van der Waals surface area (Å²) in [5, 5.41) is 0. The Labute approximate surface area is 117 Å². The van der Waals surface area contributed by atoms with Crippen LogP contribution in [0.25, 0.3) is 0 Å². The van der Waals surface area contributed by atoms with Crippen LogP contribution in [-0.2, 0) is 10.0 Å². The summed E-state index contributed by atoms with van der Waals surface area (Å²) in [5.41, 5.74) is 0. The topological polar surface area (TPSA) is 40.6 Å². The number of sulfonamides is 1. The van der Waals surface area contributed by atoms with Crippen molar-refractivity contribution in [3.8, 4) is 0 Å². The second-order valence-electron chi connectivity index (χ2n) is 6.49. The normalized spacial score (nSPS) is 37.0. The highest BCUT2D eigenvalue weighted by Crippen LogP contribution is 2.46. The average molecular weight is 286 g/mol. The molecule has 2 saturated carbocycles. The number of nitrogens with zero attached hydrogens (tertiary/aromatic N) is 2. The van der Waals surface area contributed by atoms with Gasteiger partial charge in [-0.3, -0.25) is 4.90 Å². The first-order chi connectivity index (χ1) is 9.10. The van der Waals surface area contributed by atoms with Gasteiger partial charge in [0.1, 0.15) is 0 Å². The summed E-state index contributed by atoms with van der Waals surface area (Å²) in [6, 6.07) is 0.759. The fourth-order valence-electron chi connectivity index (χ4n) is 4.36. The minimum atomic E-state index is -2.98. The van der Waals surface area contributed by atoms with Crippen LogP contribution in [0.1, 0.15) is 39.0 Å². The van der Waals surface area contributed by atoms with E-state index in [1.165, 1.54) is 25.7 Å². The van der Waals surface area contributed by atoms with E-state index in [1.54, 1.807) is 4.31 Å². The summed E-state index contributed by atoms with van der Waals surface area (Å²) >= 11 is 0. The summed E-state index contributed by atoms with van der Waals surface area (Å²) < 4.78 is 25.8. The number of hydrogen-bond donors (Lipinski definition) is 0. The van der Waals surface area contributed by atoms with E-state index in [1.807, 2.05) is 6.92 Å². The zero-order chi connectivity index (χ0) is 13.5. The molecule has 0 unspecified atom stereocenters. The zero-order valence-corrected chi connectivity index (χ0v) is 12.7. The monoisotopic (exact) mass is 286 g/mol. The number of piperazine rings is 1. The molecule has 3 fully saturated rings. The lowest BCUT2D eigenvalue weighted by molar-refractivity contribution is 0.101. The molecule has 0 amide bonds. The highest BCUT2D eigenvalue weighted by molar-refractivity contribution is 7.89. The quantitative estimate of drug-likeness (QED) is 0.787. The van der Waals surface area contributed by atoms with Gasteiger partial charge in [0.15, 0.2) is 0 Å². The van der Waals surface area contributed by atoms with Crippen molar-refractivity contribution < 1.29 is 8.42 Å². The highest BCUT2D eigenvalue weighted by Gasteiger charge is 2.43. The molecule has 0 aromatic heterocycles.